The van der Waals surface area contributed by atoms with Crippen molar-refractivity contribution in [2.45, 2.75) is 38.3 Å². The zero-order valence-electron chi connectivity index (χ0n) is 17.1. The normalized spacial score (nSPS) is 20.9. The summed E-state index contributed by atoms with van der Waals surface area (Å²) in [7, 11) is 0. The van der Waals surface area contributed by atoms with Crippen LogP contribution in [0.25, 0.3) is 0 Å². The lowest BCUT2D eigenvalue weighted by Gasteiger charge is -2.36. The van der Waals surface area contributed by atoms with Crippen LogP contribution in [0.2, 0.25) is 0 Å². The van der Waals surface area contributed by atoms with Gasteiger partial charge in [0.1, 0.15) is 11.8 Å². The van der Waals surface area contributed by atoms with Crippen molar-refractivity contribution in [3.63, 3.8) is 0 Å². The van der Waals surface area contributed by atoms with Crippen LogP contribution < -0.4 is 15.0 Å². The van der Waals surface area contributed by atoms with Gasteiger partial charge in [0.2, 0.25) is 0 Å². The largest absolute Gasteiger partial charge is 0.484 e. The fourth-order valence-corrected chi connectivity index (χ4v) is 3.98. The number of ether oxygens (including phenoxy) is 1. The number of imide groups is 1. The molecule has 0 bridgehead atoms. The van der Waals surface area contributed by atoms with Crippen LogP contribution in [0.1, 0.15) is 31.7 Å². The van der Waals surface area contributed by atoms with E-state index < -0.39 is 12.1 Å². The molecule has 0 aliphatic carbocycles. The van der Waals surface area contributed by atoms with Crippen molar-refractivity contribution in [3.8, 4) is 5.75 Å². The number of urea groups is 1. The molecule has 2 aromatic carbocycles. The summed E-state index contributed by atoms with van der Waals surface area (Å²) >= 11 is 0. The van der Waals surface area contributed by atoms with Gasteiger partial charge in [-0.2, -0.15) is 0 Å². The summed E-state index contributed by atoms with van der Waals surface area (Å²) in [6, 6.07) is 14.9. The highest BCUT2D eigenvalue weighted by Gasteiger charge is 2.49. The second kappa shape index (κ2) is 8.18. The summed E-state index contributed by atoms with van der Waals surface area (Å²) in [5.74, 6) is 0.288. The molecule has 0 unspecified atom stereocenters. The Morgan fingerprint density at radius 3 is 2.47 bits per heavy atom. The summed E-state index contributed by atoms with van der Waals surface area (Å²) in [5, 5.41) is 2.88. The first-order valence-electron chi connectivity index (χ1n) is 10.2. The van der Waals surface area contributed by atoms with E-state index in [9.17, 15) is 14.4 Å². The number of carbonyl (C=O) groups excluding carboxylic acids is 3. The second-order valence-electron chi connectivity index (χ2n) is 7.90. The van der Waals surface area contributed by atoms with Gasteiger partial charge in [-0.1, -0.05) is 44.2 Å². The van der Waals surface area contributed by atoms with Gasteiger partial charge in [0, 0.05) is 6.54 Å². The minimum atomic E-state index is -0.723. The maximum Gasteiger partial charge on any atom is 0.329 e. The number of amides is 4. The third kappa shape index (κ3) is 3.75. The van der Waals surface area contributed by atoms with E-state index >= 15 is 0 Å². The number of nitrogens with one attached hydrogen (secondary N) is 1. The zero-order chi connectivity index (χ0) is 21.3. The highest BCUT2D eigenvalue weighted by Crippen LogP contribution is 2.29. The van der Waals surface area contributed by atoms with E-state index in [1.54, 1.807) is 24.3 Å². The molecule has 7 nitrogen and oxygen atoms in total. The van der Waals surface area contributed by atoms with E-state index in [-0.39, 0.29) is 24.5 Å². The molecule has 156 valence electrons. The number of likely N-dealkylation sites (tertiary alicyclic amines) is 1. The van der Waals surface area contributed by atoms with E-state index in [2.05, 4.69) is 19.2 Å². The number of nitrogens with zero attached hydrogens (tertiary/aromatic N) is 2. The topological polar surface area (TPSA) is 79.0 Å². The summed E-state index contributed by atoms with van der Waals surface area (Å²) in [6.45, 7) is 4.41. The van der Waals surface area contributed by atoms with Crippen molar-refractivity contribution >= 4 is 23.5 Å². The molecule has 4 amide bonds. The number of hydrogen-bond acceptors (Lipinski definition) is 4. The maximum absolute atomic E-state index is 13.3. The Hall–Kier alpha value is -3.35. The zero-order valence-corrected chi connectivity index (χ0v) is 17.1. The summed E-state index contributed by atoms with van der Waals surface area (Å²) in [4.78, 5) is 41.3. The Kier molecular flexibility index (Phi) is 5.44. The Morgan fingerprint density at radius 1 is 1.10 bits per heavy atom. The number of rotatable bonds is 5. The third-order valence-electron chi connectivity index (χ3n) is 5.63. The average Bonchev–Trinajstić information content (AvgIpc) is 3.17. The molecule has 0 saturated carbocycles. The molecule has 0 aromatic heterocycles. The number of anilines is 1. The van der Waals surface area contributed by atoms with E-state index in [4.69, 9.17) is 4.74 Å². The first kappa shape index (κ1) is 19.9. The molecule has 2 atom stereocenters. The smallest absolute Gasteiger partial charge is 0.329 e. The molecule has 2 aliphatic rings. The van der Waals surface area contributed by atoms with Crippen LogP contribution in [0.3, 0.4) is 0 Å². The number of para-hydroxylation sites is 1. The van der Waals surface area contributed by atoms with Crippen LogP contribution in [0, 0.1) is 0 Å². The predicted octanol–water partition coefficient (Wildman–Crippen LogP) is 2.91. The van der Waals surface area contributed by atoms with Gasteiger partial charge in [-0.05, 0) is 42.2 Å². The monoisotopic (exact) mass is 407 g/mol. The van der Waals surface area contributed by atoms with Crippen LogP contribution in [-0.2, 0) is 9.59 Å². The third-order valence-corrected chi connectivity index (χ3v) is 5.63. The fourth-order valence-electron chi connectivity index (χ4n) is 3.98. The van der Waals surface area contributed by atoms with Gasteiger partial charge in [-0.15, -0.1) is 0 Å². The van der Waals surface area contributed by atoms with Gasteiger partial charge in [-0.3, -0.25) is 9.59 Å². The number of fused-ring (bicyclic) bond motifs is 1. The lowest BCUT2D eigenvalue weighted by Crippen LogP contribution is -2.65. The molecule has 2 aliphatic heterocycles. The minimum absolute atomic E-state index is 0.155. The quantitative estimate of drug-likeness (QED) is 0.827. The maximum atomic E-state index is 13.3. The van der Waals surface area contributed by atoms with E-state index in [0.29, 0.717) is 30.3 Å². The molecule has 0 spiro atoms. The summed E-state index contributed by atoms with van der Waals surface area (Å²) < 4.78 is 5.56. The lowest BCUT2D eigenvalue weighted by molar-refractivity contribution is -0.139. The Balaban J connectivity index is 1.50. The Labute approximate surface area is 175 Å². The first-order valence-corrected chi connectivity index (χ1v) is 10.2. The number of hydrogen-bond donors (Lipinski definition) is 1. The second-order valence-corrected chi connectivity index (χ2v) is 7.90. The van der Waals surface area contributed by atoms with Gasteiger partial charge in [0.25, 0.3) is 11.8 Å². The average molecular weight is 407 g/mol. The fraction of sp³-hybridized carbons (Fsp3) is 0.348. The van der Waals surface area contributed by atoms with Gasteiger partial charge < -0.3 is 15.0 Å². The number of carbonyl (C=O) groups is 3. The summed E-state index contributed by atoms with van der Waals surface area (Å²) in [6.07, 6.45) is 0.541. The molecule has 2 saturated heterocycles. The molecule has 2 heterocycles. The lowest BCUT2D eigenvalue weighted by atomic mass is 10.0. The summed E-state index contributed by atoms with van der Waals surface area (Å²) in [5.41, 5.74) is 1.62. The predicted molar refractivity (Wildman–Crippen MR) is 112 cm³/mol. The standard InChI is InChI=1S/C23H25N3O4/c1-15(2)16-8-10-17(11-9-16)26-22(28)21-19(24-23(26)29)12-13-25(21)20(27)14-30-18-6-4-3-5-7-18/h3-11,15,19,21H,12-14H2,1-2H3,(H,24,29)/t19-,21-/m1/s1. The van der Waals surface area contributed by atoms with E-state index in [1.807, 2.05) is 30.3 Å². The van der Waals surface area contributed by atoms with Crippen LogP contribution >= 0.6 is 0 Å². The van der Waals surface area contributed by atoms with Crippen LogP contribution in [0.4, 0.5) is 10.5 Å². The van der Waals surface area contributed by atoms with Crippen molar-refractivity contribution in [1.82, 2.24) is 10.2 Å². The Morgan fingerprint density at radius 2 is 1.80 bits per heavy atom. The molecule has 1 N–H and O–H groups in total. The van der Waals surface area contributed by atoms with Crippen LogP contribution in [-0.4, -0.2) is 48.0 Å². The van der Waals surface area contributed by atoms with Crippen molar-refractivity contribution in [2.24, 2.45) is 0 Å². The van der Waals surface area contributed by atoms with Crippen molar-refractivity contribution in [2.75, 3.05) is 18.1 Å². The highest BCUT2D eigenvalue weighted by molar-refractivity contribution is 6.19. The Bertz CT molecular complexity index is 943. The van der Waals surface area contributed by atoms with Crippen molar-refractivity contribution in [1.29, 1.82) is 0 Å². The molecular formula is C23H25N3O4. The van der Waals surface area contributed by atoms with E-state index in [0.717, 1.165) is 10.5 Å². The SMILES string of the molecule is CC(C)c1ccc(N2C(=O)N[C@@H]3CCN(C(=O)COc4ccccc4)[C@H]3C2=O)cc1. The molecule has 4 rings (SSSR count). The molecule has 7 heteroatoms. The molecular weight excluding hydrogens is 382 g/mol. The van der Waals surface area contributed by atoms with Crippen molar-refractivity contribution < 1.29 is 19.1 Å². The molecule has 2 aromatic rings. The van der Waals surface area contributed by atoms with E-state index in [1.165, 1.54) is 4.90 Å². The highest BCUT2D eigenvalue weighted by atomic mass is 16.5. The molecule has 0 radical (unpaired) electrons. The van der Waals surface area contributed by atoms with Gasteiger partial charge in [0.05, 0.1) is 11.7 Å². The minimum Gasteiger partial charge on any atom is -0.484 e. The first-order chi connectivity index (χ1) is 14.5. The van der Waals surface area contributed by atoms with Crippen LogP contribution in [0.15, 0.2) is 54.6 Å². The van der Waals surface area contributed by atoms with Gasteiger partial charge >= 0.3 is 6.03 Å². The van der Waals surface area contributed by atoms with Gasteiger partial charge in [0.15, 0.2) is 6.61 Å². The van der Waals surface area contributed by atoms with Crippen LogP contribution in [0.5, 0.6) is 5.75 Å². The molecule has 2 fully saturated rings. The molecule has 30 heavy (non-hydrogen) atoms. The van der Waals surface area contributed by atoms with Crippen molar-refractivity contribution in [3.05, 3.63) is 60.2 Å². The number of benzene rings is 2. The van der Waals surface area contributed by atoms with Gasteiger partial charge in [-0.25, -0.2) is 9.69 Å².